The molecule has 150 valence electrons. The van der Waals surface area contributed by atoms with Crippen LogP contribution in [0.1, 0.15) is 30.5 Å². The van der Waals surface area contributed by atoms with Gasteiger partial charge in [-0.05, 0) is 84.6 Å². The molecule has 2 aromatic carbocycles. The van der Waals surface area contributed by atoms with Crippen molar-refractivity contribution >= 4 is 28.1 Å². The first-order valence-electron chi connectivity index (χ1n) is 9.05. The van der Waals surface area contributed by atoms with Crippen molar-refractivity contribution in [1.29, 1.82) is 0 Å². The van der Waals surface area contributed by atoms with Crippen molar-refractivity contribution in [2.24, 2.45) is 5.10 Å². The molecule has 6 nitrogen and oxygen atoms in total. The lowest BCUT2D eigenvalue weighted by molar-refractivity contribution is -0.123. The third-order valence-corrected chi connectivity index (χ3v) is 4.28. The van der Waals surface area contributed by atoms with Crippen LogP contribution in [0.15, 0.2) is 39.9 Å². The molecule has 0 spiro atoms. The second-order valence-corrected chi connectivity index (χ2v) is 6.90. The molecular weight excluding hydrogens is 424 g/mol. The van der Waals surface area contributed by atoms with Gasteiger partial charge in [0.15, 0.2) is 18.1 Å². The molecule has 0 atom stereocenters. The Hall–Kier alpha value is -2.54. The Kier molecular flexibility index (Phi) is 8.32. The van der Waals surface area contributed by atoms with Crippen molar-refractivity contribution in [2.75, 3.05) is 19.8 Å². The first-order valence-corrected chi connectivity index (χ1v) is 9.85. The summed E-state index contributed by atoms with van der Waals surface area (Å²) in [6, 6.07) is 9.41. The zero-order chi connectivity index (χ0) is 20.5. The average Bonchev–Trinajstić information content (AvgIpc) is 2.63. The monoisotopic (exact) mass is 448 g/mol. The van der Waals surface area contributed by atoms with Gasteiger partial charge < -0.3 is 14.2 Å². The van der Waals surface area contributed by atoms with E-state index < -0.39 is 0 Å². The maximum absolute atomic E-state index is 12.0. The normalized spacial score (nSPS) is 10.8. The van der Waals surface area contributed by atoms with Crippen LogP contribution in [0, 0.1) is 13.8 Å². The first-order chi connectivity index (χ1) is 13.4. The minimum atomic E-state index is -0.348. The number of amides is 1. The molecule has 2 aromatic rings. The van der Waals surface area contributed by atoms with E-state index in [1.54, 1.807) is 6.21 Å². The van der Waals surface area contributed by atoms with E-state index in [0.29, 0.717) is 30.5 Å². The second kappa shape index (κ2) is 10.7. The summed E-state index contributed by atoms with van der Waals surface area (Å²) in [4.78, 5) is 12.0. The molecule has 0 aliphatic rings. The minimum absolute atomic E-state index is 0.132. The number of hydrogen-bond donors (Lipinski definition) is 1. The Bertz CT molecular complexity index is 829. The van der Waals surface area contributed by atoms with Crippen molar-refractivity contribution in [3.8, 4) is 17.2 Å². The van der Waals surface area contributed by atoms with Crippen LogP contribution in [0.4, 0.5) is 0 Å². The van der Waals surface area contributed by atoms with Gasteiger partial charge in [0.25, 0.3) is 5.91 Å². The van der Waals surface area contributed by atoms with E-state index in [-0.39, 0.29) is 12.5 Å². The third kappa shape index (κ3) is 6.27. The highest BCUT2D eigenvalue weighted by Crippen LogP contribution is 2.30. The van der Waals surface area contributed by atoms with Gasteiger partial charge in [0.2, 0.25) is 0 Å². The second-order valence-electron chi connectivity index (χ2n) is 6.05. The topological polar surface area (TPSA) is 69.2 Å². The van der Waals surface area contributed by atoms with Gasteiger partial charge >= 0.3 is 0 Å². The summed E-state index contributed by atoms with van der Waals surface area (Å²) in [6.45, 7) is 8.71. The molecule has 28 heavy (non-hydrogen) atoms. The number of rotatable bonds is 9. The van der Waals surface area contributed by atoms with E-state index in [2.05, 4.69) is 26.5 Å². The molecule has 0 radical (unpaired) electrons. The van der Waals surface area contributed by atoms with Gasteiger partial charge in [0.1, 0.15) is 5.75 Å². The molecule has 0 aromatic heterocycles. The number of hydrazone groups is 1. The number of carbonyl (C=O) groups is 1. The number of benzene rings is 2. The van der Waals surface area contributed by atoms with Crippen LogP contribution in [-0.2, 0) is 4.79 Å². The number of nitrogens with one attached hydrogen (secondary N) is 1. The molecule has 0 bridgehead atoms. The number of nitrogens with zero attached hydrogens (tertiary/aromatic N) is 1. The quantitative estimate of drug-likeness (QED) is 0.456. The van der Waals surface area contributed by atoms with Crippen molar-refractivity contribution in [3.05, 3.63) is 51.5 Å². The molecule has 0 unspecified atom stereocenters. The van der Waals surface area contributed by atoms with Crippen LogP contribution in [0.5, 0.6) is 17.2 Å². The Balaban J connectivity index is 1.93. The largest absolute Gasteiger partial charge is 0.490 e. The van der Waals surface area contributed by atoms with Gasteiger partial charge in [0.05, 0.1) is 23.9 Å². The van der Waals surface area contributed by atoms with Crippen LogP contribution in [0.25, 0.3) is 0 Å². The SMILES string of the molecule is CCOc1ccc(C=NNC(=O)COc2c(C)cc(C)cc2Br)cc1OCC. The molecule has 0 fully saturated rings. The number of hydrogen-bond acceptors (Lipinski definition) is 5. The summed E-state index contributed by atoms with van der Waals surface area (Å²) in [5.74, 6) is 1.62. The molecule has 1 amide bonds. The van der Waals surface area contributed by atoms with Crippen molar-refractivity contribution in [3.63, 3.8) is 0 Å². The standard InChI is InChI=1S/C21H25BrN2O4/c1-5-26-18-8-7-16(11-19(18)27-6-2)12-23-24-20(25)13-28-21-15(4)9-14(3)10-17(21)22/h7-12H,5-6,13H2,1-4H3,(H,24,25). The molecule has 0 aliphatic carbocycles. The van der Waals surface area contributed by atoms with E-state index in [0.717, 1.165) is 21.2 Å². The zero-order valence-electron chi connectivity index (χ0n) is 16.5. The van der Waals surface area contributed by atoms with Gasteiger partial charge in [-0.2, -0.15) is 5.10 Å². The van der Waals surface area contributed by atoms with Gasteiger partial charge in [-0.15, -0.1) is 0 Å². The Morgan fingerprint density at radius 3 is 2.46 bits per heavy atom. The third-order valence-electron chi connectivity index (χ3n) is 3.69. The predicted molar refractivity (Wildman–Crippen MR) is 114 cm³/mol. The van der Waals surface area contributed by atoms with E-state index in [1.807, 2.05) is 58.0 Å². The molecular formula is C21H25BrN2O4. The molecule has 0 aliphatic heterocycles. The highest BCUT2D eigenvalue weighted by molar-refractivity contribution is 9.10. The molecule has 7 heteroatoms. The van der Waals surface area contributed by atoms with Crippen molar-refractivity contribution < 1.29 is 19.0 Å². The maximum atomic E-state index is 12.0. The molecule has 0 saturated carbocycles. The fourth-order valence-corrected chi connectivity index (χ4v) is 3.37. The molecule has 1 N–H and O–H groups in total. The smallest absolute Gasteiger partial charge is 0.277 e. The summed E-state index contributed by atoms with van der Waals surface area (Å²) < 4.78 is 17.5. The van der Waals surface area contributed by atoms with Crippen molar-refractivity contribution in [1.82, 2.24) is 5.43 Å². The highest BCUT2D eigenvalue weighted by Gasteiger charge is 2.09. The van der Waals surface area contributed by atoms with Gasteiger partial charge in [-0.3, -0.25) is 4.79 Å². The Morgan fingerprint density at radius 2 is 1.79 bits per heavy atom. The fourth-order valence-electron chi connectivity index (χ4n) is 2.58. The van der Waals surface area contributed by atoms with Crippen LogP contribution in [-0.4, -0.2) is 31.9 Å². The lowest BCUT2D eigenvalue weighted by atomic mass is 10.1. The number of carbonyl (C=O) groups excluding carboxylic acids is 1. The number of halogens is 1. The van der Waals surface area contributed by atoms with Crippen LogP contribution < -0.4 is 19.6 Å². The minimum Gasteiger partial charge on any atom is -0.490 e. The molecule has 0 saturated heterocycles. The summed E-state index contributed by atoms with van der Waals surface area (Å²) in [5, 5.41) is 3.98. The predicted octanol–water partition coefficient (Wildman–Crippen LogP) is 4.39. The van der Waals surface area contributed by atoms with E-state index in [4.69, 9.17) is 14.2 Å². The van der Waals surface area contributed by atoms with Crippen LogP contribution in [0.2, 0.25) is 0 Å². The summed E-state index contributed by atoms with van der Waals surface area (Å²) in [7, 11) is 0. The van der Waals surface area contributed by atoms with Gasteiger partial charge in [0, 0.05) is 0 Å². The molecule has 2 rings (SSSR count). The highest BCUT2D eigenvalue weighted by atomic mass is 79.9. The Labute approximate surface area is 174 Å². The lowest BCUT2D eigenvalue weighted by Gasteiger charge is -2.11. The lowest BCUT2D eigenvalue weighted by Crippen LogP contribution is -2.24. The van der Waals surface area contributed by atoms with Gasteiger partial charge in [-0.1, -0.05) is 6.07 Å². The fraction of sp³-hybridized carbons (Fsp3) is 0.333. The maximum Gasteiger partial charge on any atom is 0.277 e. The first kappa shape index (κ1) is 21.8. The van der Waals surface area contributed by atoms with E-state index in [1.165, 1.54) is 0 Å². The van der Waals surface area contributed by atoms with Crippen LogP contribution in [0.3, 0.4) is 0 Å². The molecule has 0 heterocycles. The van der Waals surface area contributed by atoms with E-state index >= 15 is 0 Å². The summed E-state index contributed by atoms with van der Waals surface area (Å²) in [6.07, 6.45) is 1.54. The number of ether oxygens (including phenoxy) is 3. The number of aryl methyl sites for hydroxylation is 2. The Morgan fingerprint density at radius 1 is 1.07 bits per heavy atom. The average molecular weight is 449 g/mol. The summed E-state index contributed by atoms with van der Waals surface area (Å²) >= 11 is 3.46. The van der Waals surface area contributed by atoms with E-state index in [9.17, 15) is 4.79 Å². The van der Waals surface area contributed by atoms with Crippen molar-refractivity contribution in [2.45, 2.75) is 27.7 Å². The summed E-state index contributed by atoms with van der Waals surface area (Å²) in [5.41, 5.74) is 5.32. The van der Waals surface area contributed by atoms with Crippen LogP contribution >= 0.6 is 15.9 Å². The van der Waals surface area contributed by atoms with Gasteiger partial charge in [-0.25, -0.2) is 5.43 Å². The zero-order valence-corrected chi connectivity index (χ0v) is 18.1.